The molecule has 1 aromatic rings. The number of nitrogens with one attached hydrogen (secondary N) is 2. The number of amides is 1. The predicted molar refractivity (Wildman–Crippen MR) is 77.0 cm³/mol. The van der Waals surface area contributed by atoms with E-state index in [2.05, 4.69) is 26.6 Å². The molecular weight excluding hydrogens is 310 g/mol. The monoisotopic (exact) mass is 327 g/mol. The summed E-state index contributed by atoms with van der Waals surface area (Å²) in [7, 11) is 0. The standard InChI is InChI=1S/C13H18BrN3O2/c14-11-3-4-13(19)17(8-11)9-12(18)16-7-10-2-1-5-15-6-10/h3-4,8,10,15H,1-2,5-7,9H2,(H,16,18). The van der Waals surface area contributed by atoms with Gasteiger partial charge in [0, 0.05) is 23.3 Å². The molecule has 1 aliphatic rings. The second-order valence-electron chi connectivity index (χ2n) is 4.83. The molecule has 2 heterocycles. The zero-order valence-corrected chi connectivity index (χ0v) is 12.3. The summed E-state index contributed by atoms with van der Waals surface area (Å²) in [6, 6.07) is 3.12. The zero-order valence-electron chi connectivity index (χ0n) is 10.7. The Morgan fingerprint density at radius 3 is 3.11 bits per heavy atom. The van der Waals surface area contributed by atoms with Crippen molar-refractivity contribution < 1.29 is 4.79 Å². The maximum Gasteiger partial charge on any atom is 0.251 e. The minimum absolute atomic E-state index is 0.0679. The summed E-state index contributed by atoms with van der Waals surface area (Å²) >= 11 is 3.29. The quantitative estimate of drug-likeness (QED) is 0.856. The van der Waals surface area contributed by atoms with Crippen LogP contribution in [0.15, 0.2) is 27.6 Å². The average molecular weight is 328 g/mol. The van der Waals surface area contributed by atoms with Gasteiger partial charge in [-0.1, -0.05) is 0 Å². The fourth-order valence-corrected chi connectivity index (χ4v) is 2.57. The number of carbonyl (C=O) groups is 1. The number of pyridine rings is 1. The smallest absolute Gasteiger partial charge is 0.251 e. The summed E-state index contributed by atoms with van der Waals surface area (Å²) in [5, 5.41) is 6.21. The van der Waals surface area contributed by atoms with Gasteiger partial charge in [0.1, 0.15) is 6.54 Å². The molecule has 19 heavy (non-hydrogen) atoms. The Morgan fingerprint density at radius 1 is 1.53 bits per heavy atom. The van der Waals surface area contributed by atoms with Crippen LogP contribution in [-0.4, -0.2) is 30.1 Å². The highest BCUT2D eigenvalue weighted by Crippen LogP contribution is 2.08. The molecule has 2 rings (SSSR count). The highest BCUT2D eigenvalue weighted by Gasteiger charge is 2.14. The maximum absolute atomic E-state index is 11.8. The van der Waals surface area contributed by atoms with Gasteiger partial charge in [0.15, 0.2) is 0 Å². The van der Waals surface area contributed by atoms with Crippen LogP contribution >= 0.6 is 15.9 Å². The third-order valence-corrected chi connectivity index (χ3v) is 3.72. The summed E-state index contributed by atoms with van der Waals surface area (Å²) < 4.78 is 2.19. The second-order valence-corrected chi connectivity index (χ2v) is 5.75. The van der Waals surface area contributed by atoms with Crippen molar-refractivity contribution in [1.82, 2.24) is 15.2 Å². The van der Waals surface area contributed by atoms with E-state index in [-0.39, 0.29) is 18.0 Å². The molecule has 1 amide bonds. The van der Waals surface area contributed by atoms with E-state index in [1.54, 1.807) is 12.3 Å². The van der Waals surface area contributed by atoms with E-state index in [9.17, 15) is 9.59 Å². The predicted octanol–water partition coefficient (Wildman–Crippen LogP) is 0.727. The van der Waals surface area contributed by atoms with Crippen LogP contribution in [0, 0.1) is 5.92 Å². The highest BCUT2D eigenvalue weighted by atomic mass is 79.9. The van der Waals surface area contributed by atoms with Crippen molar-refractivity contribution >= 4 is 21.8 Å². The third-order valence-electron chi connectivity index (χ3n) is 3.25. The van der Waals surface area contributed by atoms with Gasteiger partial charge in [-0.15, -0.1) is 0 Å². The molecule has 1 aromatic heterocycles. The molecule has 0 saturated carbocycles. The van der Waals surface area contributed by atoms with Crippen molar-refractivity contribution in [1.29, 1.82) is 0 Å². The van der Waals surface area contributed by atoms with Crippen LogP contribution in [-0.2, 0) is 11.3 Å². The lowest BCUT2D eigenvalue weighted by Gasteiger charge is -2.22. The van der Waals surface area contributed by atoms with Gasteiger partial charge in [0.05, 0.1) is 0 Å². The zero-order chi connectivity index (χ0) is 13.7. The molecule has 0 radical (unpaired) electrons. The molecule has 0 aromatic carbocycles. The first-order valence-electron chi connectivity index (χ1n) is 6.48. The molecule has 0 bridgehead atoms. The minimum atomic E-state index is -0.169. The molecule has 1 unspecified atom stereocenters. The van der Waals surface area contributed by atoms with Crippen molar-refractivity contribution in [3.63, 3.8) is 0 Å². The SMILES string of the molecule is O=C(Cn1cc(Br)ccc1=O)NCC1CCCNC1. The van der Waals surface area contributed by atoms with E-state index >= 15 is 0 Å². The molecule has 1 fully saturated rings. The van der Waals surface area contributed by atoms with E-state index in [4.69, 9.17) is 0 Å². The minimum Gasteiger partial charge on any atom is -0.354 e. The van der Waals surface area contributed by atoms with Crippen molar-refractivity contribution in [2.24, 2.45) is 5.92 Å². The van der Waals surface area contributed by atoms with Gasteiger partial charge in [-0.2, -0.15) is 0 Å². The Kier molecular flexibility index (Phi) is 5.15. The Labute approximate surface area is 120 Å². The number of hydrogen-bond acceptors (Lipinski definition) is 3. The van der Waals surface area contributed by atoms with Gasteiger partial charge in [-0.25, -0.2) is 0 Å². The maximum atomic E-state index is 11.8. The Morgan fingerprint density at radius 2 is 2.37 bits per heavy atom. The molecule has 104 valence electrons. The number of halogens is 1. The summed E-state index contributed by atoms with van der Waals surface area (Å²) in [5.74, 6) is 0.378. The fourth-order valence-electron chi connectivity index (χ4n) is 2.19. The largest absolute Gasteiger partial charge is 0.354 e. The first-order chi connectivity index (χ1) is 9.15. The average Bonchev–Trinajstić information content (AvgIpc) is 2.42. The lowest BCUT2D eigenvalue weighted by atomic mass is 10.00. The molecule has 1 aliphatic heterocycles. The first kappa shape index (κ1) is 14.3. The van der Waals surface area contributed by atoms with Crippen LogP contribution in [0.5, 0.6) is 0 Å². The van der Waals surface area contributed by atoms with Crippen LogP contribution < -0.4 is 16.2 Å². The molecule has 5 nitrogen and oxygen atoms in total. The topological polar surface area (TPSA) is 63.1 Å². The molecule has 0 spiro atoms. The van der Waals surface area contributed by atoms with E-state index in [0.717, 1.165) is 30.4 Å². The number of hydrogen-bond donors (Lipinski definition) is 2. The normalized spacial score (nSPS) is 19.1. The number of carbonyl (C=O) groups excluding carboxylic acids is 1. The van der Waals surface area contributed by atoms with Crippen LogP contribution in [0.3, 0.4) is 0 Å². The molecule has 1 atom stereocenters. The van der Waals surface area contributed by atoms with Gasteiger partial charge in [-0.05, 0) is 53.8 Å². The van der Waals surface area contributed by atoms with Gasteiger partial charge >= 0.3 is 0 Å². The summed E-state index contributed by atoms with van der Waals surface area (Å²) in [6.45, 7) is 2.77. The lowest BCUT2D eigenvalue weighted by molar-refractivity contribution is -0.121. The Bertz CT molecular complexity index is 495. The van der Waals surface area contributed by atoms with Crippen LogP contribution in [0.2, 0.25) is 0 Å². The van der Waals surface area contributed by atoms with E-state index in [1.807, 2.05) is 0 Å². The van der Waals surface area contributed by atoms with Gasteiger partial charge in [0.25, 0.3) is 5.56 Å². The summed E-state index contributed by atoms with van der Waals surface area (Å²) in [4.78, 5) is 23.4. The first-order valence-corrected chi connectivity index (χ1v) is 7.28. The van der Waals surface area contributed by atoms with Crippen LogP contribution in [0.1, 0.15) is 12.8 Å². The fraction of sp³-hybridized carbons (Fsp3) is 0.538. The number of nitrogens with zero attached hydrogens (tertiary/aromatic N) is 1. The van der Waals surface area contributed by atoms with E-state index in [0.29, 0.717) is 12.5 Å². The van der Waals surface area contributed by atoms with E-state index < -0.39 is 0 Å². The number of aromatic nitrogens is 1. The van der Waals surface area contributed by atoms with Crippen molar-refractivity contribution in [3.8, 4) is 0 Å². The lowest BCUT2D eigenvalue weighted by Crippen LogP contribution is -2.39. The van der Waals surface area contributed by atoms with E-state index in [1.165, 1.54) is 10.6 Å². The summed E-state index contributed by atoms with van der Waals surface area (Å²) in [5.41, 5.74) is -0.169. The Hall–Kier alpha value is -1.14. The molecule has 0 aliphatic carbocycles. The number of rotatable bonds is 4. The van der Waals surface area contributed by atoms with Crippen molar-refractivity contribution in [3.05, 3.63) is 33.2 Å². The third kappa shape index (κ3) is 4.47. The summed E-state index contributed by atoms with van der Waals surface area (Å²) in [6.07, 6.45) is 3.93. The Balaban J connectivity index is 1.83. The highest BCUT2D eigenvalue weighted by molar-refractivity contribution is 9.10. The van der Waals surface area contributed by atoms with Gasteiger partial charge in [-0.3, -0.25) is 9.59 Å². The van der Waals surface area contributed by atoms with Gasteiger partial charge < -0.3 is 15.2 Å². The van der Waals surface area contributed by atoms with Crippen molar-refractivity contribution in [2.45, 2.75) is 19.4 Å². The molecule has 6 heteroatoms. The van der Waals surface area contributed by atoms with Crippen LogP contribution in [0.4, 0.5) is 0 Å². The van der Waals surface area contributed by atoms with Gasteiger partial charge in [0.2, 0.25) is 5.91 Å². The van der Waals surface area contributed by atoms with Crippen LogP contribution in [0.25, 0.3) is 0 Å². The molecule has 1 saturated heterocycles. The molecular formula is C13H18BrN3O2. The second kappa shape index (κ2) is 6.86. The molecule has 2 N–H and O–H groups in total. The van der Waals surface area contributed by atoms with Crippen molar-refractivity contribution in [2.75, 3.05) is 19.6 Å². The number of piperidine rings is 1.